The lowest BCUT2D eigenvalue weighted by Crippen LogP contribution is -2.11. The van der Waals surface area contributed by atoms with Crippen molar-refractivity contribution in [3.63, 3.8) is 0 Å². The summed E-state index contributed by atoms with van der Waals surface area (Å²) in [7, 11) is -3.67. The highest BCUT2D eigenvalue weighted by molar-refractivity contribution is 7.92. The van der Waals surface area contributed by atoms with E-state index in [1.807, 2.05) is 0 Å². The van der Waals surface area contributed by atoms with Crippen LogP contribution in [-0.4, -0.2) is 20.0 Å². The Morgan fingerprint density at radius 3 is 2.36 bits per heavy atom. The molecule has 2 aromatic carbocycles. The van der Waals surface area contributed by atoms with E-state index in [1.54, 1.807) is 6.07 Å². The van der Waals surface area contributed by atoms with Crippen molar-refractivity contribution in [3.8, 4) is 0 Å². The normalized spacial score (nSPS) is 24.0. The van der Waals surface area contributed by atoms with Gasteiger partial charge >= 0.3 is 0 Å². The summed E-state index contributed by atoms with van der Waals surface area (Å²) in [4.78, 5) is 11.3. The topological polar surface area (TPSA) is 51.2 Å². The minimum absolute atomic E-state index is 0.118. The van der Waals surface area contributed by atoms with Gasteiger partial charge in [0.25, 0.3) is 0 Å². The highest BCUT2D eigenvalue weighted by Gasteiger charge is 2.59. The van der Waals surface area contributed by atoms with E-state index in [0.29, 0.717) is 16.9 Å². The van der Waals surface area contributed by atoms with Gasteiger partial charge in [-0.15, -0.1) is 0 Å². The molecule has 0 saturated heterocycles. The van der Waals surface area contributed by atoms with Gasteiger partial charge in [0.05, 0.1) is 10.1 Å². The molecule has 0 aromatic heterocycles. The molecule has 1 aliphatic carbocycles. The van der Waals surface area contributed by atoms with Gasteiger partial charge in [0, 0.05) is 16.9 Å². The standard InChI is InChI=1S/C16H12ClFO3S/c17-11-4-6-13(7-5-11)22(20,21)16-14(9-19)15(16)10-2-1-3-12(18)8-10/h1-9,14-16H/t14-,15+,16+/m1/s1. The Morgan fingerprint density at radius 2 is 1.77 bits per heavy atom. The van der Waals surface area contributed by atoms with E-state index >= 15 is 0 Å². The van der Waals surface area contributed by atoms with Gasteiger partial charge in [-0.2, -0.15) is 0 Å². The smallest absolute Gasteiger partial charge is 0.182 e. The van der Waals surface area contributed by atoms with Crippen LogP contribution < -0.4 is 0 Å². The van der Waals surface area contributed by atoms with Gasteiger partial charge < -0.3 is 4.79 Å². The second-order valence-electron chi connectivity index (χ2n) is 5.26. The monoisotopic (exact) mass is 338 g/mol. The van der Waals surface area contributed by atoms with Crippen molar-refractivity contribution in [2.24, 2.45) is 5.92 Å². The van der Waals surface area contributed by atoms with Crippen LogP contribution in [0.5, 0.6) is 0 Å². The van der Waals surface area contributed by atoms with Crippen molar-refractivity contribution in [2.45, 2.75) is 16.1 Å². The van der Waals surface area contributed by atoms with E-state index in [9.17, 15) is 17.6 Å². The number of rotatable bonds is 4. The van der Waals surface area contributed by atoms with Crippen molar-refractivity contribution in [1.82, 2.24) is 0 Å². The third kappa shape index (κ3) is 2.55. The third-order valence-corrected chi connectivity index (χ3v) is 6.40. The van der Waals surface area contributed by atoms with Crippen molar-refractivity contribution in [3.05, 3.63) is 64.9 Å². The zero-order valence-corrected chi connectivity index (χ0v) is 12.9. The molecule has 2 aromatic rings. The highest BCUT2D eigenvalue weighted by atomic mass is 35.5. The third-order valence-electron chi connectivity index (χ3n) is 3.90. The first-order valence-electron chi connectivity index (χ1n) is 6.65. The van der Waals surface area contributed by atoms with Crippen molar-refractivity contribution < 1.29 is 17.6 Å². The van der Waals surface area contributed by atoms with Gasteiger partial charge in [-0.1, -0.05) is 23.7 Å². The van der Waals surface area contributed by atoms with Crippen LogP contribution in [0.4, 0.5) is 4.39 Å². The molecule has 0 aliphatic heterocycles. The Bertz CT molecular complexity index is 818. The van der Waals surface area contributed by atoms with Gasteiger partial charge in [-0.05, 0) is 42.0 Å². The molecule has 1 saturated carbocycles. The summed E-state index contributed by atoms with van der Waals surface area (Å²) in [5.41, 5.74) is 0.527. The zero-order valence-electron chi connectivity index (χ0n) is 11.3. The maximum Gasteiger partial charge on any atom is 0.182 e. The van der Waals surface area contributed by atoms with Crippen molar-refractivity contribution in [2.75, 3.05) is 0 Å². The Balaban J connectivity index is 1.97. The molecule has 114 valence electrons. The summed E-state index contributed by atoms with van der Waals surface area (Å²) < 4.78 is 38.6. The number of aldehydes is 1. The number of carbonyl (C=O) groups is 1. The van der Waals surface area contributed by atoms with Gasteiger partial charge in [0.2, 0.25) is 0 Å². The predicted molar refractivity (Wildman–Crippen MR) is 81.1 cm³/mol. The Morgan fingerprint density at radius 1 is 1.09 bits per heavy atom. The first-order chi connectivity index (χ1) is 10.4. The second kappa shape index (κ2) is 5.48. The van der Waals surface area contributed by atoms with E-state index in [-0.39, 0.29) is 4.90 Å². The van der Waals surface area contributed by atoms with E-state index in [1.165, 1.54) is 42.5 Å². The molecule has 0 unspecified atom stereocenters. The van der Waals surface area contributed by atoms with Crippen LogP contribution in [0.3, 0.4) is 0 Å². The Hall–Kier alpha value is -1.72. The van der Waals surface area contributed by atoms with E-state index < -0.39 is 32.7 Å². The quantitative estimate of drug-likeness (QED) is 0.804. The minimum atomic E-state index is -3.67. The van der Waals surface area contributed by atoms with Crippen LogP contribution in [-0.2, 0) is 14.6 Å². The maximum absolute atomic E-state index is 13.3. The van der Waals surface area contributed by atoms with E-state index in [0.717, 1.165) is 0 Å². The van der Waals surface area contributed by atoms with Crippen molar-refractivity contribution in [1.29, 1.82) is 0 Å². The summed E-state index contributed by atoms with van der Waals surface area (Å²) in [5, 5.41) is -0.420. The summed E-state index contributed by atoms with van der Waals surface area (Å²) >= 11 is 5.76. The molecule has 3 nitrogen and oxygen atoms in total. The summed E-state index contributed by atoms with van der Waals surface area (Å²) in [6.45, 7) is 0. The number of carbonyl (C=O) groups excluding carboxylic acids is 1. The molecule has 0 bridgehead atoms. The predicted octanol–water partition coefficient (Wildman–Crippen LogP) is 3.23. The summed E-state index contributed by atoms with van der Waals surface area (Å²) in [5.74, 6) is -1.60. The molecule has 3 atom stereocenters. The largest absolute Gasteiger partial charge is 0.303 e. The zero-order chi connectivity index (χ0) is 15.9. The van der Waals surface area contributed by atoms with Gasteiger partial charge in [0.15, 0.2) is 9.84 Å². The van der Waals surface area contributed by atoms with E-state index in [2.05, 4.69) is 0 Å². The molecule has 6 heteroatoms. The molecule has 3 rings (SSSR count). The molecule has 0 spiro atoms. The van der Waals surface area contributed by atoms with Crippen LogP contribution in [0, 0.1) is 11.7 Å². The number of halogens is 2. The average Bonchev–Trinajstić information content (AvgIpc) is 3.23. The van der Waals surface area contributed by atoms with Crippen LogP contribution in [0.1, 0.15) is 11.5 Å². The van der Waals surface area contributed by atoms with Crippen LogP contribution in [0.15, 0.2) is 53.4 Å². The summed E-state index contributed by atoms with van der Waals surface area (Å²) in [6.07, 6.45) is 0.633. The first-order valence-corrected chi connectivity index (χ1v) is 8.58. The Labute approximate surface area is 132 Å². The maximum atomic E-state index is 13.3. The molecule has 0 heterocycles. The second-order valence-corrected chi connectivity index (χ2v) is 7.80. The molecule has 1 fully saturated rings. The molecular weight excluding hydrogens is 327 g/mol. The van der Waals surface area contributed by atoms with Gasteiger partial charge in [-0.3, -0.25) is 0 Å². The lowest BCUT2D eigenvalue weighted by atomic mass is 10.1. The van der Waals surface area contributed by atoms with E-state index in [4.69, 9.17) is 11.6 Å². The highest BCUT2D eigenvalue weighted by Crippen LogP contribution is 2.52. The average molecular weight is 339 g/mol. The number of benzene rings is 2. The number of hydrogen-bond donors (Lipinski definition) is 0. The van der Waals surface area contributed by atoms with Gasteiger partial charge in [-0.25, -0.2) is 12.8 Å². The lowest BCUT2D eigenvalue weighted by Gasteiger charge is -2.04. The first kappa shape index (κ1) is 15.2. The molecule has 1 aliphatic rings. The fourth-order valence-corrected chi connectivity index (χ4v) is 5.01. The molecule has 0 amide bonds. The fraction of sp³-hybridized carbons (Fsp3) is 0.188. The molecule has 0 N–H and O–H groups in total. The molecule has 22 heavy (non-hydrogen) atoms. The minimum Gasteiger partial charge on any atom is -0.303 e. The lowest BCUT2D eigenvalue weighted by molar-refractivity contribution is -0.108. The number of hydrogen-bond acceptors (Lipinski definition) is 3. The SMILES string of the molecule is O=C[C@@H]1[C@H](c2cccc(F)c2)[C@H]1S(=O)(=O)c1ccc(Cl)cc1. The fourth-order valence-electron chi connectivity index (χ4n) is 2.77. The number of sulfone groups is 1. The van der Waals surface area contributed by atoms with Crippen LogP contribution in [0.2, 0.25) is 5.02 Å². The summed E-state index contributed by atoms with van der Waals surface area (Å²) in [6, 6.07) is 11.5. The van der Waals surface area contributed by atoms with Crippen LogP contribution in [0.25, 0.3) is 0 Å². The Kier molecular flexibility index (Phi) is 3.78. The van der Waals surface area contributed by atoms with Gasteiger partial charge in [0.1, 0.15) is 12.1 Å². The van der Waals surface area contributed by atoms with Crippen LogP contribution >= 0.6 is 11.6 Å². The molecule has 0 radical (unpaired) electrons. The molecular formula is C16H12ClFO3S. The van der Waals surface area contributed by atoms with Crippen molar-refractivity contribution >= 4 is 27.7 Å².